The molecule has 0 bridgehead atoms. The molecular formula is C16H12ClN3O2. The van der Waals surface area contributed by atoms with E-state index in [0.717, 1.165) is 0 Å². The second-order valence-electron chi connectivity index (χ2n) is 4.66. The summed E-state index contributed by atoms with van der Waals surface area (Å²) in [5.74, 6) is -0.426. The third-order valence-electron chi connectivity index (χ3n) is 3.25. The SMILES string of the molecule is O=C(Nc1ccc(Cl)cc1)c1nnc2ccccc2c1CO. The van der Waals surface area contributed by atoms with Gasteiger partial charge in [0.2, 0.25) is 0 Å². The van der Waals surface area contributed by atoms with Crippen LogP contribution in [0.2, 0.25) is 5.02 Å². The molecule has 1 amide bonds. The number of halogens is 1. The number of fused-ring (bicyclic) bond motifs is 1. The van der Waals surface area contributed by atoms with Gasteiger partial charge in [-0.1, -0.05) is 29.8 Å². The lowest BCUT2D eigenvalue weighted by atomic mass is 10.1. The fraction of sp³-hybridized carbons (Fsp3) is 0.0625. The van der Waals surface area contributed by atoms with Gasteiger partial charge in [-0.05, 0) is 30.3 Å². The van der Waals surface area contributed by atoms with Crippen molar-refractivity contribution < 1.29 is 9.90 Å². The lowest BCUT2D eigenvalue weighted by Crippen LogP contribution is -2.17. The van der Waals surface area contributed by atoms with Crippen molar-refractivity contribution in [2.45, 2.75) is 6.61 Å². The van der Waals surface area contributed by atoms with Gasteiger partial charge in [-0.2, -0.15) is 0 Å². The van der Waals surface area contributed by atoms with Gasteiger partial charge in [-0.25, -0.2) is 0 Å². The maximum Gasteiger partial charge on any atom is 0.276 e. The molecule has 3 rings (SSSR count). The van der Waals surface area contributed by atoms with Crippen molar-refractivity contribution in [3.8, 4) is 0 Å². The van der Waals surface area contributed by atoms with E-state index < -0.39 is 5.91 Å². The Morgan fingerprint density at radius 1 is 1.09 bits per heavy atom. The first-order chi connectivity index (χ1) is 10.7. The summed E-state index contributed by atoms with van der Waals surface area (Å²) in [6, 6.07) is 14.0. The Morgan fingerprint density at radius 2 is 1.82 bits per heavy atom. The second-order valence-corrected chi connectivity index (χ2v) is 5.10. The highest BCUT2D eigenvalue weighted by atomic mass is 35.5. The minimum absolute atomic E-state index is 0.108. The lowest BCUT2D eigenvalue weighted by molar-refractivity contribution is 0.101. The summed E-state index contributed by atoms with van der Waals surface area (Å²) in [5, 5.41) is 21.6. The van der Waals surface area contributed by atoms with E-state index in [-0.39, 0.29) is 12.3 Å². The van der Waals surface area contributed by atoms with E-state index in [1.165, 1.54) is 0 Å². The highest BCUT2D eigenvalue weighted by Gasteiger charge is 2.16. The zero-order chi connectivity index (χ0) is 15.5. The Kier molecular flexibility index (Phi) is 4.00. The average molecular weight is 314 g/mol. The minimum Gasteiger partial charge on any atom is -0.392 e. The number of aliphatic hydroxyl groups is 1. The average Bonchev–Trinajstić information content (AvgIpc) is 2.55. The predicted molar refractivity (Wildman–Crippen MR) is 84.9 cm³/mol. The molecule has 0 radical (unpaired) electrons. The smallest absolute Gasteiger partial charge is 0.276 e. The van der Waals surface area contributed by atoms with Crippen molar-refractivity contribution in [3.05, 3.63) is 64.8 Å². The zero-order valence-electron chi connectivity index (χ0n) is 11.5. The van der Waals surface area contributed by atoms with Gasteiger partial charge in [0.05, 0.1) is 12.1 Å². The Bertz CT molecular complexity index is 834. The summed E-state index contributed by atoms with van der Waals surface area (Å²) in [6.45, 7) is -0.292. The number of hydrogen-bond acceptors (Lipinski definition) is 4. The van der Waals surface area contributed by atoms with E-state index in [9.17, 15) is 9.90 Å². The molecule has 0 spiro atoms. The van der Waals surface area contributed by atoms with Crippen molar-refractivity contribution in [3.63, 3.8) is 0 Å². The van der Waals surface area contributed by atoms with E-state index in [0.29, 0.717) is 27.2 Å². The minimum atomic E-state index is -0.426. The number of hydrogen-bond donors (Lipinski definition) is 2. The summed E-state index contributed by atoms with van der Waals surface area (Å²) in [7, 11) is 0. The summed E-state index contributed by atoms with van der Waals surface area (Å²) >= 11 is 5.81. The van der Waals surface area contributed by atoms with E-state index in [4.69, 9.17) is 11.6 Å². The van der Waals surface area contributed by atoms with Crippen LogP contribution in [0.1, 0.15) is 16.1 Å². The van der Waals surface area contributed by atoms with Gasteiger partial charge in [0, 0.05) is 21.7 Å². The molecule has 6 heteroatoms. The molecule has 2 N–H and O–H groups in total. The molecule has 0 saturated heterocycles. The first kappa shape index (κ1) is 14.4. The Morgan fingerprint density at radius 3 is 2.55 bits per heavy atom. The third-order valence-corrected chi connectivity index (χ3v) is 3.50. The van der Waals surface area contributed by atoms with E-state index in [1.54, 1.807) is 36.4 Å². The van der Waals surface area contributed by atoms with Gasteiger partial charge in [-0.15, -0.1) is 10.2 Å². The number of aliphatic hydroxyl groups excluding tert-OH is 1. The molecule has 0 aliphatic heterocycles. The van der Waals surface area contributed by atoms with Crippen LogP contribution in [0.4, 0.5) is 5.69 Å². The molecule has 0 saturated carbocycles. The Balaban J connectivity index is 1.98. The number of benzene rings is 2. The molecule has 0 aliphatic rings. The molecule has 22 heavy (non-hydrogen) atoms. The Labute approximate surface area is 131 Å². The number of amides is 1. The van der Waals surface area contributed by atoms with Gasteiger partial charge < -0.3 is 10.4 Å². The van der Waals surface area contributed by atoms with Gasteiger partial charge in [-0.3, -0.25) is 4.79 Å². The number of aromatic nitrogens is 2. The summed E-state index contributed by atoms with van der Waals surface area (Å²) in [6.07, 6.45) is 0. The van der Waals surface area contributed by atoms with Crippen LogP contribution in [0.15, 0.2) is 48.5 Å². The molecule has 5 nitrogen and oxygen atoms in total. The Hall–Kier alpha value is -2.50. The van der Waals surface area contributed by atoms with Crippen molar-refractivity contribution in [1.82, 2.24) is 10.2 Å². The lowest BCUT2D eigenvalue weighted by Gasteiger charge is -2.09. The number of carbonyl (C=O) groups excluding carboxylic acids is 1. The molecule has 0 atom stereocenters. The fourth-order valence-corrected chi connectivity index (χ4v) is 2.30. The maximum atomic E-state index is 12.4. The largest absolute Gasteiger partial charge is 0.392 e. The molecule has 0 fully saturated rings. The van der Waals surface area contributed by atoms with Crippen molar-refractivity contribution in [1.29, 1.82) is 0 Å². The van der Waals surface area contributed by atoms with Crippen molar-refractivity contribution in [2.24, 2.45) is 0 Å². The van der Waals surface area contributed by atoms with Gasteiger partial charge in [0.25, 0.3) is 5.91 Å². The molecule has 110 valence electrons. The first-order valence-electron chi connectivity index (χ1n) is 6.61. The summed E-state index contributed by atoms with van der Waals surface area (Å²) in [5.41, 5.74) is 1.79. The van der Waals surface area contributed by atoms with Crippen LogP contribution < -0.4 is 5.32 Å². The van der Waals surface area contributed by atoms with Crippen LogP contribution in [0.25, 0.3) is 10.9 Å². The highest BCUT2D eigenvalue weighted by Crippen LogP contribution is 2.20. The first-order valence-corrected chi connectivity index (χ1v) is 6.99. The standard InChI is InChI=1S/C16H12ClN3O2/c17-10-5-7-11(8-6-10)18-16(22)15-13(9-21)12-3-1-2-4-14(12)19-20-15/h1-8,21H,9H2,(H,18,22). The third kappa shape index (κ3) is 2.77. The van der Waals surface area contributed by atoms with Gasteiger partial charge in [0.15, 0.2) is 5.69 Å². The highest BCUT2D eigenvalue weighted by molar-refractivity contribution is 6.30. The van der Waals surface area contributed by atoms with E-state index in [2.05, 4.69) is 15.5 Å². The summed E-state index contributed by atoms with van der Waals surface area (Å²) in [4.78, 5) is 12.4. The quantitative estimate of drug-likeness (QED) is 0.779. The second kappa shape index (κ2) is 6.09. The summed E-state index contributed by atoms with van der Waals surface area (Å²) < 4.78 is 0. The van der Waals surface area contributed by atoms with E-state index in [1.807, 2.05) is 12.1 Å². The van der Waals surface area contributed by atoms with Crippen LogP contribution in [-0.2, 0) is 6.61 Å². The van der Waals surface area contributed by atoms with E-state index >= 15 is 0 Å². The number of carbonyl (C=O) groups is 1. The predicted octanol–water partition coefficient (Wildman–Crippen LogP) is 3.03. The molecule has 0 unspecified atom stereocenters. The van der Waals surface area contributed by atoms with Crippen LogP contribution in [0.5, 0.6) is 0 Å². The van der Waals surface area contributed by atoms with Crippen LogP contribution in [0.3, 0.4) is 0 Å². The number of nitrogens with one attached hydrogen (secondary N) is 1. The van der Waals surface area contributed by atoms with Gasteiger partial charge >= 0.3 is 0 Å². The van der Waals surface area contributed by atoms with Crippen LogP contribution in [0, 0.1) is 0 Å². The van der Waals surface area contributed by atoms with Crippen LogP contribution in [-0.4, -0.2) is 21.2 Å². The molecule has 1 aromatic heterocycles. The topological polar surface area (TPSA) is 75.1 Å². The molecular weight excluding hydrogens is 302 g/mol. The van der Waals surface area contributed by atoms with Crippen molar-refractivity contribution >= 4 is 34.1 Å². The molecule has 0 aliphatic carbocycles. The molecule has 2 aromatic carbocycles. The molecule has 3 aromatic rings. The molecule has 1 heterocycles. The number of rotatable bonds is 3. The fourth-order valence-electron chi connectivity index (χ4n) is 2.17. The number of anilines is 1. The number of nitrogens with zero attached hydrogens (tertiary/aromatic N) is 2. The van der Waals surface area contributed by atoms with Crippen molar-refractivity contribution in [2.75, 3.05) is 5.32 Å². The maximum absolute atomic E-state index is 12.4. The normalized spacial score (nSPS) is 10.6. The van der Waals surface area contributed by atoms with Gasteiger partial charge in [0.1, 0.15) is 0 Å². The zero-order valence-corrected chi connectivity index (χ0v) is 12.2. The van der Waals surface area contributed by atoms with Crippen LogP contribution >= 0.6 is 11.6 Å². The monoisotopic (exact) mass is 313 g/mol.